The van der Waals surface area contributed by atoms with Crippen LogP contribution in [0.5, 0.6) is 5.75 Å². The highest BCUT2D eigenvalue weighted by Crippen LogP contribution is 2.33. The maximum absolute atomic E-state index is 13.2. The third-order valence-corrected chi connectivity index (χ3v) is 4.31. The predicted octanol–water partition coefficient (Wildman–Crippen LogP) is 3.03. The van der Waals surface area contributed by atoms with Crippen molar-refractivity contribution >= 4 is 28.9 Å². The van der Waals surface area contributed by atoms with Crippen molar-refractivity contribution in [3.63, 3.8) is 0 Å². The van der Waals surface area contributed by atoms with Crippen LogP contribution in [0.3, 0.4) is 0 Å². The summed E-state index contributed by atoms with van der Waals surface area (Å²) in [5, 5.41) is 10.9. The van der Waals surface area contributed by atoms with Crippen LogP contribution in [0.2, 0.25) is 0 Å². The molecule has 2 aliphatic rings. The molecule has 130 valence electrons. The Balaban J connectivity index is 0.000000471. The normalized spacial score (nSPS) is 18.9. The zero-order valence-corrected chi connectivity index (χ0v) is 14.3. The number of carbonyl (C=O) groups is 1. The Bertz CT molecular complexity index is 669. The number of amidine groups is 1. The quantitative estimate of drug-likeness (QED) is 0.620. The third kappa shape index (κ3) is 5.04. The number of aliphatic imine (C=N–C) groups is 1. The van der Waals surface area contributed by atoms with Crippen LogP contribution in [-0.4, -0.2) is 53.4 Å². The Morgan fingerprint density at radius 3 is 2.58 bits per heavy atom. The summed E-state index contributed by atoms with van der Waals surface area (Å²) in [6.07, 6.45) is 3.70. The number of likely N-dealkylation sites (tertiary alicyclic amines) is 1. The lowest BCUT2D eigenvalue weighted by molar-refractivity contribution is -0.113. The molecule has 0 spiro atoms. The second kappa shape index (κ2) is 8.25. The number of rotatable bonds is 1. The van der Waals surface area contributed by atoms with Gasteiger partial charge in [0.25, 0.3) is 5.91 Å². The number of phenolic OH excluding ortho intramolecular Hbond substituents is 1. The van der Waals surface area contributed by atoms with E-state index in [0.29, 0.717) is 20.8 Å². The van der Waals surface area contributed by atoms with Gasteiger partial charge in [-0.05, 0) is 48.9 Å². The van der Waals surface area contributed by atoms with Gasteiger partial charge in [-0.1, -0.05) is 0 Å². The molecule has 0 atom stereocenters. The predicted molar refractivity (Wildman–Crippen MR) is 91.7 cm³/mol. The van der Waals surface area contributed by atoms with E-state index in [2.05, 4.69) is 9.89 Å². The van der Waals surface area contributed by atoms with Gasteiger partial charge < -0.3 is 10.0 Å². The van der Waals surface area contributed by atoms with Gasteiger partial charge >= 0.3 is 0 Å². The van der Waals surface area contributed by atoms with E-state index in [0.717, 1.165) is 25.9 Å². The topological polar surface area (TPSA) is 56.1 Å². The Kier molecular flexibility index (Phi) is 6.33. The minimum absolute atomic E-state index is 0.0538. The van der Waals surface area contributed by atoms with Gasteiger partial charge in [0.15, 0.2) is 5.17 Å². The van der Waals surface area contributed by atoms with E-state index in [4.69, 9.17) is 0 Å². The second-order valence-electron chi connectivity index (χ2n) is 5.49. The van der Waals surface area contributed by atoms with Crippen molar-refractivity contribution < 1.29 is 18.8 Å². The molecule has 0 bridgehead atoms. The van der Waals surface area contributed by atoms with Crippen LogP contribution >= 0.6 is 11.8 Å². The molecule has 0 saturated carbocycles. The Morgan fingerprint density at radius 2 is 1.96 bits per heavy atom. The van der Waals surface area contributed by atoms with Crippen LogP contribution in [-0.2, 0) is 4.79 Å². The van der Waals surface area contributed by atoms with Crippen LogP contribution in [0.25, 0.3) is 6.08 Å². The smallest absolute Gasteiger partial charge is 0.286 e. The van der Waals surface area contributed by atoms with E-state index in [1.807, 2.05) is 0 Å². The molecule has 5 nitrogen and oxygen atoms in total. The second-order valence-corrected chi connectivity index (χ2v) is 6.50. The third-order valence-electron chi connectivity index (χ3n) is 3.26. The standard InChI is InChI=1S/C14H13FN2O2S.C2H6FN/c15-10-3-4-11(18)9(7-10)8-12-13(19)16-14(20-12)17-5-1-2-6-17;1-4(2)3/h3-4,7-8,18H,1-2,5-6H2;1-2H3/b12-8-;. The number of halogens is 2. The summed E-state index contributed by atoms with van der Waals surface area (Å²) in [4.78, 5) is 18.4. The highest BCUT2D eigenvalue weighted by atomic mass is 32.2. The van der Waals surface area contributed by atoms with Crippen LogP contribution in [0.1, 0.15) is 18.4 Å². The van der Waals surface area contributed by atoms with E-state index >= 15 is 0 Å². The monoisotopic (exact) mass is 355 g/mol. The number of nitrogens with zero attached hydrogens (tertiary/aromatic N) is 3. The molecule has 1 aromatic carbocycles. The number of thioether (sulfide) groups is 1. The fourth-order valence-electron chi connectivity index (χ4n) is 2.22. The number of aromatic hydroxyl groups is 1. The average molecular weight is 355 g/mol. The number of amides is 1. The molecule has 3 rings (SSSR count). The maximum atomic E-state index is 13.2. The van der Waals surface area contributed by atoms with Gasteiger partial charge in [-0.25, -0.2) is 4.39 Å². The first kappa shape index (κ1) is 18.4. The molecule has 2 aliphatic heterocycles. The number of carbonyl (C=O) groups excluding carboxylic acids is 1. The van der Waals surface area contributed by atoms with Crippen LogP contribution in [0, 0.1) is 5.82 Å². The first-order valence-corrected chi connectivity index (χ1v) is 8.27. The Labute approximate surface area is 143 Å². The number of hydrogen-bond donors (Lipinski definition) is 1. The summed E-state index contributed by atoms with van der Waals surface area (Å²) in [6.45, 7) is 1.83. The molecular formula is C16H19F2N3O2S. The SMILES string of the molecule is CN(C)F.O=C1N=C(N2CCCC2)S/C1=C\c1cc(F)ccc1O. The van der Waals surface area contributed by atoms with E-state index in [1.165, 1.54) is 50.1 Å². The van der Waals surface area contributed by atoms with Crippen molar-refractivity contribution in [2.24, 2.45) is 4.99 Å². The summed E-state index contributed by atoms with van der Waals surface area (Å²) in [5.41, 5.74) is 0.290. The lowest BCUT2D eigenvalue weighted by atomic mass is 10.2. The van der Waals surface area contributed by atoms with Gasteiger partial charge in [-0.15, -0.1) is 4.48 Å². The molecule has 1 fully saturated rings. The fraction of sp³-hybridized carbons (Fsp3) is 0.375. The number of phenols is 1. The van der Waals surface area contributed by atoms with Gasteiger partial charge in [0.05, 0.1) is 4.91 Å². The molecule has 2 heterocycles. The van der Waals surface area contributed by atoms with Gasteiger partial charge in [0.2, 0.25) is 0 Å². The molecular weight excluding hydrogens is 336 g/mol. The minimum Gasteiger partial charge on any atom is -0.507 e. The minimum atomic E-state index is -0.453. The van der Waals surface area contributed by atoms with Crippen molar-refractivity contribution in [1.29, 1.82) is 0 Å². The molecule has 1 aromatic rings. The highest BCUT2D eigenvalue weighted by Gasteiger charge is 2.27. The summed E-state index contributed by atoms with van der Waals surface area (Å²) >= 11 is 1.28. The Hall–Kier alpha value is -1.93. The molecule has 1 saturated heterocycles. The first-order chi connectivity index (χ1) is 11.4. The average Bonchev–Trinajstić information content (AvgIpc) is 3.13. The van der Waals surface area contributed by atoms with E-state index in [9.17, 15) is 18.8 Å². The zero-order valence-electron chi connectivity index (χ0n) is 13.5. The van der Waals surface area contributed by atoms with Gasteiger partial charge in [0, 0.05) is 32.7 Å². The van der Waals surface area contributed by atoms with Crippen molar-refractivity contribution in [2.75, 3.05) is 27.2 Å². The number of benzene rings is 1. The summed E-state index contributed by atoms with van der Waals surface area (Å²) in [5.74, 6) is -0.840. The van der Waals surface area contributed by atoms with Gasteiger partial charge in [-0.3, -0.25) is 4.79 Å². The van der Waals surface area contributed by atoms with E-state index in [1.54, 1.807) is 0 Å². The molecule has 0 unspecified atom stereocenters. The molecule has 1 amide bonds. The van der Waals surface area contributed by atoms with Crippen LogP contribution in [0.15, 0.2) is 28.1 Å². The molecule has 0 aliphatic carbocycles. The van der Waals surface area contributed by atoms with Gasteiger partial charge in [-0.2, -0.15) is 10.1 Å². The fourth-order valence-corrected chi connectivity index (χ4v) is 3.18. The lowest BCUT2D eigenvalue weighted by Gasteiger charge is -2.14. The summed E-state index contributed by atoms with van der Waals surface area (Å²) in [7, 11) is 2.67. The van der Waals surface area contributed by atoms with Crippen LogP contribution in [0.4, 0.5) is 8.87 Å². The number of hydrogen-bond acceptors (Lipinski definition) is 5. The van der Waals surface area contributed by atoms with Crippen molar-refractivity contribution in [3.05, 3.63) is 34.5 Å². The Morgan fingerprint density at radius 1 is 1.33 bits per heavy atom. The molecule has 0 aromatic heterocycles. The molecule has 1 N–H and O–H groups in total. The maximum Gasteiger partial charge on any atom is 0.286 e. The van der Waals surface area contributed by atoms with Crippen molar-refractivity contribution in [2.45, 2.75) is 12.8 Å². The van der Waals surface area contributed by atoms with E-state index in [-0.39, 0.29) is 11.7 Å². The molecule has 0 radical (unpaired) electrons. The van der Waals surface area contributed by atoms with Crippen LogP contribution < -0.4 is 0 Å². The molecule has 24 heavy (non-hydrogen) atoms. The van der Waals surface area contributed by atoms with Crippen molar-refractivity contribution in [3.8, 4) is 5.75 Å². The molecule has 8 heteroatoms. The zero-order chi connectivity index (χ0) is 17.7. The summed E-state index contributed by atoms with van der Waals surface area (Å²) < 4.78 is 24.0. The largest absolute Gasteiger partial charge is 0.507 e. The van der Waals surface area contributed by atoms with Gasteiger partial charge in [0.1, 0.15) is 11.6 Å². The lowest BCUT2D eigenvalue weighted by Crippen LogP contribution is -2.23. The first-order valence-electron chi connectivity index (χ1n) is 7.46. The summed E-state index contributed by atoms with van der Waals surface area (Å²) in [6, 6.07) is 3.64. The van der Waals surface area contributed by atoms with E-state index < -0.39 is 5.82 Å². The highest BCUT2D eigenvalue weighted by molar-refractivity contribution is 8.18. The van der Waals surface area contributed by atoms with Crippen molar-refractivity contribution in [1.82, 2.24) is 10.0 Å².